The van der Waals surface area contributed by atoms with Gasteiger partial charge in [-0.2, -0.15) is 0 Å². The Morgan fingerprint density at radius 3 is 2.67 bits per heavy atom. The summed E-state index contributed by atoms with van der Waals surface area (Å²) < 4.78 is 0. The average molecular weight is 267 g/mol. The molecule has 0 atom stereocenters. The van der Waals surface area contributed by atoms with E-state index in [0.717, 1.165) is 30.1 Å². The van der Waals surface area contributed by atoms with Gasteiger partial charge >= 0.3 is 0 Å². The van der Waals surface area contributed by atoms with Crippen molar-refractivity contribution in [2.24, 2.45) is 0 Å². The van der Waals surface area contributed by atoms with Crippen molar-refractivity contribution >= 4 is 29.4 Å². The third-order valence-corrected chi connectivity index (χ3v) is 3.58. The van der Waals surface area contributed by atoms with Gasteiger partial charge in [-0.3, -0.25) is 0 Å². The molecule has 0 amide bonds. The summed E-state index contributed by atoms with van der Waals surface area (Å²) >= 11 is 0. The van der Waals surface area contributed by atoms with Crippen LogP contribution in [0, 0.1) is 0 Å². The van der Waals surface area contributed by atoms with Crippen LogP contribution in [0.5, 0.6) is 0 Å². The Morgan fingerprint density at radius 1 is 1.28 bits per heavy atom. The van der Waals surface area contributed by atoms with E-state index in [-0.39, 0.29) is 12.4 Å². The van der Waals surface area contributed by atoms with E-state index in [1.807, 2.05) is 19.2 Å². The van der Waals surface area contributed by atoms with Gasteiger partial charge in [-0.15, -0.1) is 12.4 Å². The van der Waals surface area contributed by atoms with Gasteiger partial charge in [0.25, 0.3) is 0 Å². The quantitative estimate of drug-likeness (QED) is 0.876. The number of hydrogen-bond donors (Lipinski definition) is 2. The van der Waals surface area contributed by atoms with E-state index in [1.54, 1.807) is 0 Å². The first-order valence-corrected chi connectivity index (χ1v) is 6.24. The number of imidazole rings is 1. The summed E-state index contributed by atoms with van der Waals surface area (Å²) in [6.07, 6.45) is 2.38. The van der Waals surface area contributed by atoms with Gasteiger partial charge in [0.15, 0.2) is 0 Å². The molecule has 1 aliphatic rings. The highest BCUT2D eigenvalue weighted by Gasteiger charge is 2.19. The molecule has 1 fully saturated rings. The van der Waals surface area contributed by atoms with Gasteiger partial charge < -0.3 is 15.2 Å². The second-order valence-electron chi connectivity index (χ2n) is 4.63. The van der Waals surface area contributed by atoms with Gasteiger partial charge in [0.05, 0.1) is 11.0 Å². The Morgan fingerprint density at radius 2 is 2.00 bits per heavy atom. The molecule has 0 spiro atoms. The first-order valence-electron chi connectivity index (χ1n) is 6.24. The fourth-order valence-electron chi connectivity index (χ4n) is 2.47. The Labute approximate surface area is 113 Å². The van der Waals surface area contributed by atoms with Crippen LogP contribution in [0.2, 0.25) is 0 Å². The number of hydrogen-bond acceptors (Lipinski definition) is 3. The summed E-state index contributed by atoms with van der Waals surface area (Å²) in [6, 6.07) is 8.86. The van der Waals surface area contributed by atoms with Crippen LogP contribution in [0.1, 0.15) is 12.8 Å². The number of para-hydroxylation sites is 2. The summed E-state index contributed by atoms with van der Waals surface area (Å²) in [7, 11) is 2.04. The lowest BCUT2D eigenvalue weighted by Gasteiger charge is -2.31. The standard InChI is InChI=1S/C13H18N4.ClH/c1-14-10-6-8-17(9-7-10)13-15-11-4-2-3-5-12(11)16-13;/h2-5,10,14H,6-9H2,1H3,(H,15,16);1H. The summed E-state index contributed by atoms with van der Waals surface area (Å²) in [5, 5.41) is 3.35. The molecule has 0 unspecified atom stereocenters. The average Bonchev–Trinajstić information content (AvgIpc) is 2.82. The van der Waals surface area contributed by atoms with Crippen LogP contribution in [0.3, 0.4) is 0 Å². The van der Waals surface area contributed by atoms with E-state index < -0.39 is 0 Å². The fourth-order valence-corrected chi connectivity index (χ4v) is 2.47. The van der Waals surface area contributed by atoms with Crippen LogP contribution in [-0.2, 0) is 0 Å². The van der Waals surface area contributed by atoms with Gasteiger partial charge in [-0.1, -0.05) is 12.1 Å². The second-order valence-corrected chi connectivity index (χ2v) is 4.63. The molecule has 0 aliphatic carbocycles. The molecule has 0 saturated carbocycles. The number of aromatic nitrogens is 2. The minimum absolute atomic E-state index is 0. The maximum Gasteiger partial charge on any atom is 0.203 e. The molecule has 2 heterocycles. The molecule has 3 rings (SSSR count). The molecule has 1 saturated heterocycles. The molecule has 18 heavy (non-hydrogen) atoms. The normalized spacial score (nSPS) is 16.8. The smallest absolute Gasteiger partial charge is 0.203 e. The summed E-state index contributed by atoms with van der Waals surface area (Å²) in [5.74, 6) is 1.01. The molecule has 2 N–H and O–H groups in total. The van der Waals surface area contributed by atoms with E-state index in [9.17, 15) is 0 Å². The van der Waals surface area contributed by atoms with E-state index in [2.05, 4.69) is 32.3 Å². The zero-order valence-electron chi connectivity index (χ0n) is 10.5. The lowest BCUT2D eigenvalue weighted by atomic mass is 10.1. The minimum Gasteiger partial charge on any atom is -0.342 e. The van der Waals surface area contributed by atoms with Gasteiger partial charge in [-0.05, 0) is 32.0 Å². The number of halogens is 1. The molecule has 0 bridgehead atoms. The van der Waals surface area contributed by atoms with E-state index in [1.165, 1.54) is 12.8 Å². The zero-order valence-corrected chi connectivity index (χ0v) is 11.3. The first kappa shape index (κ1) is 13.2. The van der Waals surface area contributed by atoms with Crippen molar-refractivity contribution < 1.29 is 0 Å². The number of anilines is 1. The van der Waals surface area contributed by atoms with Crippen molar-refractivity contribution in [3.05, 3.63) is 24.3 Å². The predicted molar refractivity (Wildman–Crippen MR) is 77.6 cm³/mol. The molecule has 1 aromatic heterocycles. The largest absolute Gasteiger partial charge is 0.342 e. The topological polar surface area (TPSA) is 44.0 Å². The molecular formula is C13H19ClN4. The number of nitrogens with zero attached hydrogens (tertiary/aromatic N) is 2. The number of piperidine rings is 1. The van der Waals surface area contributed by atoms with E-state index >= 15 is 0 Å². The van der Waals surface area contributed by atoms with Crippen molar-refractivity contribution in [2.45, 2.75) is 18.9 Å². The molecule has 4 nitrogen and oxygen atoms in total. The highest BCUT2D eigenvalue weighted by molar-refractivity contribution is 5.85. The van der Waals surface area contributed by atoms with E-state index in [4.69, 9.17) is 0 Å². The van der Waals surface area contributed by atoms with Crippen LogP contribution < -0.4 is 10.2 Å². The fraction of sp³-hybridized carbons (Fsp3) is 0.462. The Kier molecular flexibility index (Phi) is 4.09. The van der Waals surface area contributed by atoms with Gasteiger partial charge in [0.2, 0.25) is 5.95 Å². The minimum atomic E-state index is 0. The second kappa shape index (κ2) is 5.59. The van der Waals surface area contributed by atoms with Gasteiger partial charge in [-0.25, -0.2) is 4.98 Å². The molecule has 2 aromatic rings. The zero-order chi connectivity index (χ0) is 11.7. The highest BCUT2D eigenvalue weighted by atomic mass is 35.5. The van der Waals surface area contributed by atoms with Crippen molar-refractivity contribution in [2.75, 3.05) is 25.0 Å². The summed E-state index contributed by atoms with van der Waals surface area (Å²) in [5.41, 5.74) is 2.18. The Hall–Kier alpha value is -1.26. The lowest BCUT2D eigenvalue weighted by Crippen LogP contribution is -2.41. The van der Waals surface area contributed by atoms with E-state index in [0.29, 0.717) is 6.04 Å². The summed E-state index contributed by atoms with van der Waals surface area (Å²) in [4.78, 5) is 10.4. The van der Waals surface area contributed by atoms with Crippen molar-refractivity contribution in [3.8, 4) is 0 Å². The first-order chi connectivity index (χ1) is 8.36. The third-order valence-electron chi connectivity index (χ3n) is 3.58. The van der Waals surface area contributed by atoms with Crippen LogP contribution in [0.15, 0.2) is 24.3 Å². The molecule has 5 heteroatoms. The lowest BCUT2D eigenvalue weighted by molar-refractivity contribution is 0.439. The Bertz CT molecular complexity index is 469. The number of H-pyrrole nitrogens is 1. The number of aromatic amines is 1. The van der Waals surface area contributed by atoms with Gasteiger partial charge in [0.1, 0.15) is 0 Å². The molecule has 98 valence electrons. The molecular weight excluding hydrogens is 248 g/mol. The van der Waals surface area contributed by atoms with Crippen LogP contribution in [0.4, 0.5) is 5.95 Å². The van der Waals surface area contributed by atoms with Crippen LogP contribution in [0.25, 0.3) is 11.0 Å². The van der Waals surface area contributed by atoms with Crippen molar-refractivity contribution in [1.29, 1.82) is 0 Å². The SMILES string of the molecule is CNC1CCN(c2nc3ccccc3[nH]2)CC1.Cl. The molecule has 1 aromatic carbocycles. The number of fused-ring (bicyclic) bond motifs is 1. The summed E-state index contributed by atoms with van der Waals surface area (Å²) in [6.45, 7) is 2.15. The predicted octanol–water partition coefficient (Wildman–Crippen LogP) is 2.17. The van der Waals surface area contributed by atoms with Gasteiger partial charge in [0, 0.05) is 19.1 Å². The third kappa shape index (κ3) is 2.44. The highest BCUT2D eigenvalue weighted by Crippen LogP contribution is 2.20. The van der Waals surface area contributed by atoms with Crippen LogP contribution in [-0.4, -0.2) is 36.1 Å². The monoisotopic (exact) mass is 266 g/mol. The molecule has 1 aliphatic heterocycles. The number of rotatable bonds is 2. The van der Waals surface area contributed by atoms with Crippen LogP contribution >= 0.6 is 12.4 Å². The number of benzene rings is 1. The van der Waals surface area contributed by atoms with Crippen molar-refractivity contribution in [3.63, 3.8) is 0 Å². The maximum absolute atomic E-state index is 4.64. The van der Waals surface area contributed by atoms with Crippen molar-refractivity contribution in [1.82, 2.24) is 15.3 Å². The maximum atomic E-state index is 4.64. The number of nitrogens with one attached hydrogen (secondary N) is 2. The molecule has 0 radical (unpaired) electrons. The Balaban J connectivity index is 0.00000120.